The van der Waals surface area contributed by atoms with E-state index in [1.54, 1.807) is 6.07 Å². The molecule has 130 valence electrons. The maximum absolute atomic E-state index is 12.4. The fraction of sp³-hybridized carbons (Fsp3) is 0.190. The number of hydrogen-bond acceptors (Lipinski definition) is 4. The Morgan fingerprint density at radius 2 is 1.77 bits per heavy atom. The van der Waals surface area contributed by atoms with Crippen molar-refractivity contribution in [3.63, 3.8) is 0 Å². The van der Waals surface area contributed by atoms with Gasteiger partial charge < -0.3 is 10.2 Å². The summed E-state index contributed by atoms with van der Waals surface area (Å²) in [4.78, 5) is 14.6. The Bertz CT molecular complexity index is 909. The topological polar surface area (TPSA) is 58.1 Å². The molecule has 1 amide bonds. The van der Waals surface area contributed by atoms with E-state index < -0.39 is 0 Å². The lowest BCUT2D eigenvalue weighted by atomic mass is 10.1. The molecule has 4 rings (SSSR count). The van der Waals surface area contributed by atoms with Gasteiger partial charge in [-0.2, -0.15) is 0 Å². The summed E-state index contributed by atoms with van der Waals surface area (Å²) in [6.07, 6.45) is 0.995. The van der Waals surface area contributed by atoms with Gasteiger partial charge in [0.05, 0.1) is 6.04 Å². The Morgan fingerprint density at radius 1 is 1.00 bits per heavy atom. The highest BCUT2D eigenvalue weighted by Crippen LogP contribution is 2.32. The predicted octanol–water partition coefficient (Wildman–Crippen LogP) is 3.66. The maximum Gasteiger partial charge on any atom is 0.272 e. The van der Waals surface area contributed by atoms with E-state index in [9.17, 15) is 4.79 Å². The molecule has 1 aromatic heterocycles. The zero-order valence-electron chi connectivity index (χ0n) is 14.6. The van der Waals surface area contributed by atoms with E-state index in [0.717, 1.165) is 30.0 Å². The Kier molecular flexibility index (Phi) is 4.35. The van der Waals surface area contributed by atoms with Crippen LogP contribution in [0.5, 0.6) is 0 Å². The van der Waals surface area contributed by atoms with E-state index in [2.05, 4.69) is 38.6 Å². The molecule has 0 fully saturated rings. The van der Waals surface area contributed by atoms with Crippen LogP contribution >= 0.6 is 0 Å². The first-order chi connectivity index (χ1) is 12.7. The van der Waals surface area contributed by atoms with Gasteiger partial charge in [0, 0.05) is 12.2 Å². The van der Waals surface area contributed by atoms with Gasteiger partial charge >= 0.3 is 0 Å². The second-order valence-corrected chi connectivity index (χ2v) is 6.41. The third-order valence-corrected chi connectivity index (χ3v) is 4.69. The highest BCUT2D eigenvalue weighted by Gasteiger charge is 2.21. The summed E-state index contributed by atoms with van der Waals surface area (Å²) < 4.78 is 0. The summed E-state index contributed by atoms with van der Waals surface area (Å²) in [6, 6.07) is 21.7. The summed E-state index contributed by atoms with van der Waals surface area (Å²) in [7, 11) is 0. The molecule has 1 aliphatic heterocycles. The zero-order chi connectivity index (χ0) is 17.9. The van der Waals surface area contributed by atoms with Gasteiger partial charge in [0.25, 0.3) is 5.91 Å². The predicted molar refractivity (Wildman–Crippen MR) is 102 cm³/mol. The molecule has 0 bridgehead atoms. The van der Waals surface area contributed by atoms with Gasteiger partial charge in [-0.1, -0.05) is 48.5 Å². The van der Waals surface area contributed by atoms with Crippen LogP contribution in [0, 0.1) is 0 Å². The number of carbonyl (C=O) groups excluding carboxylic acids is 1. The quantitative estimate of drug-likeness (QED) is 0.785. The molecule has 2 aromatic carbocycles. The number of hydrogen-bond donors (Lipinski definition) is 1. The number of anilines is 2. The Balaban J connectivity index is 1.47. The molecule has 3 aromatic rings. The van der Waals surface area contributed by atoms with E-state index >= 15 is 0 Å². The molecule has 26 heavy (non-hydrogen) atoms. The highest BCUT2D eigenvalue weighted by atomic mass is 16.2. The largest absolute Gasteiger partial charge is 0.344 e. The second kappa shape index (κ2) is 6.96. The Labute approximate surface area is 152 Å². The number of fused-ring (bicyclic) bond motifs is 1. The molecule has 1 aliphatic rings. The lowest BCUT2D eigenvalue weighted by Crippen LogP contribution is -2.28. The molecule has 0 spiro atoms. The standard InChI is InChI=1S/C21H20N4O/c1-15(16-7-3-2-4-8-16)22-21(26)18-11-12-20(24-23-18)25-14-13-17-9-5-6-10-19(17)25/h2-12,15H,13-14H2,1H3,(H,22,26). The highest BCUT2D eigenvalue weighted by molar-refractivity contribution is 5.92. The Hall–Kier alpha value is -3.21. The molecule has 1 atom stereocenters. The van der Waals surface area contributed by atoms with E-state index in [4.69, 9.17) is 0 Å². The van der Waals surface area contributed by atoms with Crippen LogP contribution in [0.15, 0.2) is 66.7 Å². The second-order valence-electron chi connectivity index (χ2n) is 6.41. The first kappa shape index (κ1) is 16.3. The van der Waals surface area contributed by atoms with Crippen molar-refractivity contribution in [2.45, 2.75) is 19.4 Å². The normalized spacial score (nSPS) is 14.0. The number of carbonyl (C=O) groups is 1. The fourth-order valence-electron chi connectivity index (χ4n) is 3.26. The maximum atomic E-state index is 12.4. The summed E-state index contributed by atoms with van der Waals surface area (Å²) in [6.45, 7) is 2.83. The summed E-state index contributed by atoms with van der Waals surface area (Å²) in [5, 5.41) is 11.4. The third kappa shape index (κ3) is 3.16. The lowest BCUT2D eigenvalue weighted by molar-refractivity contribution is 0.0934. The minimum absolute atomic E-state index is 0.0874. The van der Waals surface area contributed by atoms with Crippen LogP contribution in [0.25, 0.3) is 0 Å². The number of benzene rings is 2. The Morgan fingerprint density at radius 3 is 2.54 bits per heavy atom. The number of aromatic nitrogens is 2. The van der Waals surface area contributed by atoms with Gasteiger partial charge in [-0.15, -0.1) is 10.2 Å². The average molecular weight is 344 g/mol. The molecule has 2 heterocycles. The molecule has 5 heteroatoms. The van der Waals surface area contributed by atoms with Gasteiger partial charge in [0.2, 0.25) is 0 Å². The smallest absolute Gasteiger partial charge is 0.272 e. The SMILES string of the molecule is CC(NC(=O)c1ccc(N2CCc3ccccc32)nn1)c1ccccc1. The van der Waals surface area contributed by atoms with Crippen molar-refractivity contribution in [3.05, 3.63) is 83.6 Å². The summed E-state index contributed by atoms with van der Waals surface area (Å²) in [5.41, 5.74) is 3.85. The molecular formula is C21H20N4O. The van der Waals surface area contributed by atoms with Gasteiger partial charge in [0.1, 0.15) is 0 Å². The van der Waals surface area contributed by atoms with Crippen LogP contribution in [0.4, 0.5) is 11.5 Å². The number of amides is 1. The first-order valence-corrected chi connectivity index (χ1v) is 8.77. The molecule has 5 nitrogen and oxygen atoms in total. The minimum Gasteiger partial charge on any atom is -0.344 e. The van der Waals surface area contributed by atoms with Crippen LogP contribution in [0.3, 0.4) is 0 Å². The van der Waals surface area contributed by atoms with Gasteiger partial charge in [-0.05, 0) is 42.7 Å². The van der Waals surface area contributed by atoms with Crippen molar-refractivity contribution < 1.29 is 4.79 Å². The number of nitrogens with one attached hydrogen (secondary N) is 1. The van der Waals surface area contributed by atoms with E-state index in [0.29, 0.717) is 5.69 Å². The van der Waals surface area contributed by atoms with Gasteiger partial charge in [0.15, 0.2) is 11.5 Å². The third-order valence-electron chi connectivity index (χ3n) is 4.69. The monoisotopic (exact) mass is 344 g/mol. The molecule has 0 saturated heterocycles. The number of rotatable bonds is 4. The zero-order valence-corrected chi connectivity index (χ0v) is 14.6. The molecule has 1 unspecified atom stereocenters. The van der Waals surface area contributed by atoms with Gasteiger partial charge in [-0.25, -0.2) is 0 Å². The number of nitrogens with zero attached hydrogens (tertiary/aromatic N) is 3. The molecule has 0 radical (unpaired) electrons. The summed E-state index contributed by atoms with van der Waals surface area (Å²) >= 11 is 0. The van der Waals surface area contributed by atoms with Crippen molar-refractivity contribution in [1.82, 2.24) is 15.5 Å². The van der Waals surface area contributed by atoms with Gasteiger partial charge in [-0.3, -0.25) is 4.79 Å². The lowest BCUT2D eigenvalue weighted by Gasteiger charge is -2.18. The van der Waals surface area contributed by atoms with E-state index in [1.807, 2.05) is 49.4 Å². The van der Waals surface area contributed by atoms with Crippen molar-refractivity contribution >= 4 is 17.4 Å². The summed E-state index contributed by atoms with van der Waals surface area (Å²) in [5.74, 6) is 0.546. The molecule has 0 aliphatic carbocycles. The number of para-hydroxylation sites is 1. The van der Waals surface area contributed by atoms with Crippen molar-refractivity contribution in [3.8, 4) is 0 Å². The fourth-order valence-corrected chi connectivity index (χ4v) is 3.26. The van der Waals surface area contributed by atoms with E-state index in [1.165, 1.54) is 5.56 Å². The van der Waals surface area contributed by atoms with Crippen molar-refractivity contribution in [2.24, 2.45) is 0 Å². The minimum atomic E-state index is -0.220. The van der Waals surface area contributed by atoms with Crippen LogP contribution in [-0.4, -0.2) is 22.6 Å². The van der Waals surface area contributed by atoms with Crippen LogP contribution in [-0.2, 0) is 6.42 Å². The van der Waals surface area contributed by atoms with Crippen molar-refractivity contribution in [1.29, 1.82) is 0 Å². The first-order valence-electron chi connectivity index (χ1n) is 8.77. The van der Waals surface area contributed by atoms with Crippen LogP contribution in [0.1, 0.15) is 34.6 Å². The van der Waals surface area contributed by atoms with Crippen LogP contribution < -0.4 is 10.2 Å². The van der Waals surface area contributed by atoms with E-state index in [-0.39, 0.29) is 11.9 Å². The van der Waals surface area contributed by atoms with Crippen LogP contribution in [0.2, 0.25) is 0 Å². The molecular weight excluding hydrogens is 324 g/mol. The molecule has 1 N–H and O–H groups in total. The van der Waals surface area contributed by atoms with Crippen molar-refractivity contribution in [2.75, 3.05) is 11.4 Å². The molecule has 0 saturated carbocycles. The average Bonchev–Trinajstić information content (AvgIpc) is 3.13.